The number of piperidine rings is 1. The van der Waals surface area contributed by atoms with E-state index in [-0.39, 0.29) is 17.7 Å². The minimum atomic E-state index is -0.0738. The van der Waals surface area contributed by atoms with Gasteiger partial charge in [0.2, 0.25) is 5.91 Å². The third-order valence-corrected chi connectivity index (χ3v) is 7.94. The van der Waals surface area contributed by atoms with Gasteiger partial charge in [-0.1, -0.05) is 31.1 Å². The minimum absolute atomic E-state index is 0.0270. The summed E-state index contributed by atoms with van der Waals surface area (Å²) in [6.45, 7) is 11.8. The van der Waals surface area contributed by atoms with Gasteiger partial charge < -0.3 is 14.7 Å². The third kappa shape index (κ3) is 4.40. The second-order valence-electron chi connectivity index (χ2n) is 9.52. The predicted molar refractivity (Wildman–Crippen MR) is 139 cm³/mol. The van der Waals surface area contributed by atoms with E-state index in [9.17, 15) is 4.79 Å². The molecule has 1 aromatic carbocycles. The number of aromatic nitrogens is 4. The van der Waals surface area contributed by atoms with Crippen molar-refractivity contribution in [2.45, 2.75) is 53.4 Å². The zero-order chi connectivity index (χ0) is 24.7. The number of amides is 1. The molecule has 4 aromatic rings. The molecule has 0 radical (unpaired) electrons. The van der Waals surface area contributed by atoms with Crippen LogP contribution in [-0.4, -0.2) is 39.1 Å². The molecule has 3 aromatic heterocycles. The molecular weight excluding hydrogens is 460 g/mol. The number of nitrogens with zero attached hydrogens (tertiary/aromatic N) is 5. The summed E-state index contributed by atoms with van der Waals surface area (Å²) in [5, 5.41) is 8.40. The van der Waals surface area contributed by atoms with Crippen molar-refractivity contribution in [3.8, 4) is 11.5 Å². The monoisotopic (exact) mass is 490 g/mol. The molecule has 8 nitrogen and oxygen atoms in total. The normalized spacial score (nSPS) is 14.7. The van der Waals surface area contributed by atoms with Crippen molar-refractivity contribution in [3.05, 3.63) is 46.4 Å². The van der Waals surface area contributed by atoms with E-state index in [4.69, 9.17) is 4.52 Å². The fraction of sp³-hybridized carbons (Fsp3) is 0.423. The fourth-order valence-corrected chi connectivity index (χ4v) is 5.56. The molecule has 1 N–H and O–H groups in total. The van der Waals surface area contributed by atoms with Crippen LogP contribution in [0.4, 0.5) is 11.5 Å². The molecular formula is C26H30N6O2S. The van der Waals surface area contributed by atoms with Gasteiger partial charge in [-0.05, 0) is 50.8 Å². The molecule has 1 saturated heterocycles. The average molecular weight is 491 g/mol. The maximum absolute atomic E-state index is 13.3. The van der Waals surface area contributed by atoms with Crippen LogP contribution in [-0.2, 0) is 4.79 Å². The Morgan fingerprint density at radius 2 is 1.94 bits per heavy atom. The first-order chi connectivity index (χ1) is 16.8. The molecule has 1 amide bonds. The Balaban J connectivity index is 1.32. The number of thiophene rings is 1. The van der Waals surface area contributed by atoms with E-state index in [0.29, 0.717) is 11.7 Å². The summed E-state index contributed by atoms with van der Waals surface area (Å²) in [5.74, 6) is 2.18. The lowest BCUT2D eigenvalue weighted by Crippen LogP contribution is -2.38. The quantitative estimate of drug-likeness (QED) is 0.386. The molecule has 0 atom stereocenters. The Morgan fingerprint density at radius 1 is 1.17 bits per heavy atom. The van der Waals surface area contributed by atoms with Gasteiger partial charge in [0.15, 0.2) is 5.82 Å². The maximum atomic E-state index is 13.3. The van der Waals surface area contributed by atoms with E-state index in [2.05, 4.69) is 44.2 Å². The SMILES string of the molecule is Cc1cccc(-c2nc(C(C)C)no2)c1NC(=O)C1CCN(c2ncnc3sc(C)c(C)c23)CC1. The van der Waals surface area contributed by atoms with Crippen LogP contribution in [0.5, 0.6) is 0 Å². The lowest BCUT2D eigenvalue weighted by atomic mass is 9.95. The lowest BCUT2D eigenvalue weighted by molar-refractivity contribution is -0.120. The highest BCUT2D eigenvalue weighted by molar-refractivity contribution is 7.18. The van der Waals surface area contributed by atoms with Crippen molar-refractivity contribution in [2.24, 2.45) is 5.92 Å². The molecule has 35 heavy (non-hydrogen) atoms. The van der Waals surface area contributed by atoms with E-state index in [1.807, 2.05) is 39.0 Å². The van der Waals surface area contributed by atoms with Crippen molar-refractivity contribution in [1.82, 2.24) is 20.1 Å². The zero-order valence-corrected chi connectivity index (χ0v) is 21.6. The summed E-state index contributed by atoms with van der Waals surface area (Å²) in [6, 6.07) is 5.83. The van der Waals surface area contributed by atoms with Gasteiger partial charge in [0, 0.05) is 29.8 Å². The number of fused-ring (bicyclic) bond motifs is 1. The first-order valence-electron chi connectivity index (χ1n) is 12.0. The van der Waals surface area contributed by atoms with Crippen molar-refractivity contribution < 1.29 is 9.32 Å². The van der Waals surface area contributed by atoms with E-state index >= 15 is 0 Å². The number of nitrogens with one attached hydrogen (secondary N) is 1. The smallest absolute Gasteiger partial charge is 0.260 e. The van der Waals surface area contributed by atoms with Crippen LogP contribution in [0, 0.1) is 26.7 Å². The van der Waals surface area contributed by atoms with Crippen LogP contribution in [0.3, 0.4) is 0 Å². The molecule has 0 saturated carbocycles. The Hall–Kier alpha value is -3.33. The van der Waals surface area contributed by atoms with Crippen LogP contribution in [0.25, 0.3) is 21.7 Å². The van der Waals surface area contributed by atoms with Crippen molar-refractivity contribution in [2.75, 3.05) is 23.3 Å². The molecule has 0 bridgehead atoms. The Labute approximate surface area is 208 Å². The Bertz CT molecular complexity index is 1380. The summed E-state index contributed by atoms with van der Waals surface area (Å²) in [4.78, 5) is 31.5. The second-order valence-corrected chi connectivity index (χ2v) is 10.7. The van der Waals surface area contributed by atoms with E-state index in [0.717, 1.165) is 58.8 Å². The summed E-state index contributed by atoms with van der Waals surface area (Å²) in [7, 11) is 0. The van der Waals surface area contributed by atoms with Crippen LogP contribution in [0.2, 0.25) is 0 Å². The standard InChI is InChI=1S/C26H30N6O2S/c1-14(2)22-30-25(34-31-22)19-8-6-7-15(3)21(19)29-24(33)18-9-11-32(12-10-18)23-20-16(4)17(5)35-26(20)28-13-27-23/h6-8,13-14,18H,9-12H2,1-5H3,(H,29,33). The molecule has 0 unspecified atom stereocenters. The third-order valence-electron chi connectivity index (χ3n) is 6.82. The average Bonchev–Trinajstić information content (AvgIpc) is 3.45. The molecule has 182 valence electrons. The molecule has 0 aliphatic carbocycles. The summed E-state index contributed by atoms with van der Waals surface area (Å²) in [5.41, 5.74) is 3.70. The summed E-state index contributed by atoms with van der Waals surface area (Å²) in [6.07, 6.45) is 3.17. The van der Waals surface area contributed by atoms with E-state index in [1.165, 1.54) is 10.4 Å². The van der Waals surface area contributed by atoms with Crippen molar-refractivity contribution >= 4 is 39.0 Å². The van der Waals surface area contributed by atoms with Crippen LogP contribution in [0.1, 0.15) is 54.4 Å². The minimum Gasteiger partial charge on any atom is -0.356 e. The molecule has 9 heteroatoms. The lowest BCUT2D eigenvalue weighted by Gasteiger charge is -2.32. The number of benzene rings is 1. The number of aryl methyl sites for hydroxylation is 3. The molecule has 1 aliphatic rings. The number of para-hydroxylation sites is 1. The van der Waals surface area contributed by atoms with Gasteiger partial charge in [-0.15, -0.1) is 11.3 Å². The van der Waals surface area contributed by atoms with Gasteiger partial charge in [-0.3, -0.25) is 4.79 Å². The highest BCUT2D eigenvalue weighted by Gasteiger charge is 2.28. The number of carbonyl (C=O) groups is 1. The van der Waals surface area contributed by atoms with Gasteiger partial charge in [-0.2, -0.15) is 4.98 Å². The topological polar surface area (TPSA) is 97.0 Å². The van der Waals surface area contributed by atoms with Gasteiger partial charge in [0.25, 0.3) is 5.89 Å². The first-order valence-corrected chi connectivity index (χ1v) is 12.8. The number of hydrogen-bond acceptors (Lipinski definition) is 8. The Kier molecular flexibility index (Phi) is 6.27. The van der Waals surface area contributed by atoms with E-state index in [1.54, 1.807) is 17.7 Å². The molecule has 0 spiro atoms. The highest BCUT2D eigenvalue weighted by Crippen LogP contribution is 2.36. The fourth-order valence-electron chi connectivity index (χ4n) is 4.57. The predicted octanol–water partition coefficient (Wildman–Crippen LogP) is 5.65. The van der Waals surface area contributed by atoms with E-state index < -0.39 is 0 Å². The highest BCUT2D eigenvalue weighted by atomic mass is 32.1. The molecule has 5 rings (SSSR count). The maximum Gasteiger partial charge on any atom is 0.260 e. The number of rotatable bonds is 5. The largest absolute Gasteiger partial charge is 0.356 e. The molecule has 1 fully saturated rings. The van der Waals surface area contributed by atoms with Gasteiger partial charge >= 0.3 is 0 Å². The van der Waals surface area contributed by atoms with Crippen molar-refractivity contribution in [1.29, 1.82) is 0 Å². The van der Waals surface area contributed by atoms with Crippen LogP contribution in [0.15, 0.2) is 29.0 Å². The van der Waals surface area contributed by atoms with Gasteiger partial charge in [0.05, 0.1) is 16.6 Å². The van der Waals surface area contributed by atoms with Gasteiger partial charge in [0.1, 0.15) is 17.0 Å². The second kappa shape index (κ2) is 9.37. The number of carbonyl (C=O) groups excluding carboxylic acids is 1. The molecule has 4 heterocycles. The van der Waals surface area contributed by atoms with Crippen LogP contribution >= 0.6 is 11.3 Å². The van der Waals surface area contributed by atoms with Gasteiger partial charge in [-0.25, -0.2) is 9.97 Å². The summed E-state index contributed by atoms with van der Waals surface area (Å²) < 4.78 is 5.51. The zero-order valence-electron chi connectivity index (χ0n) is 20.8. The Morgan fingerprint density at radius 3 is 2.66 bits per heavy atom. The van der Waals surface area contributed by atoms with Crippen molar-refractivity contribution in [3.63, 3.8) is 0 Å². The molecule has 1 aliphatic heterocycles. The van der Waals surface area contributed by atoms with Crippen LogP contribution < -0.4 is 10.2 Å². The number of anilines is 2. The first kappa shape index (κ1) is 23.4. The summed E-state index contributed by atoms with van der Waals surface area (Å²) >= 11 is 1.71. The number of hydrogen-bond donors (Lipinski definition) is 1.